The molecular formula is C16H24N2O4. The third kappa shape index (κ3) is 4.69. The van der Waals surface area contributed by atoms with Gasteiger partial charge >= 0.3 is 0 Å². The topological polar surface area (TPSA) is 60.0 Å². The predicted octanol–water partition coefficient (Wildman–Crippen LogP) is 0.831. The molecule has 0 aliphatic carbocycles. The Morgan fingerprint density at radius 2 is 1.95 bits per heavy atom. The second kappa shape index (κ2) is 8.73. The molecule has 22 heavy (non-hydrogen) atoms. The first-order valence-corrected chi connectivity index (χ1v) is 7.46. The quantitative estimate of drug-likeness (QED) is 0.808. The van der Waals surface area contributed by atoms with Crippen LogP contribution in [0.2, 0.25) is 0 Å². The van der Waals surface area contributed by atoms with Crippen LogP contribution in [-0.2, 0) is 14.3 Å². The Kier molecular flexibility index (Phi) is 6.64. The van der Waals surface area contributed by atoms with Crippen molar-refractivity contribution in [1.82, 2.24) is 10.2 Å². The van der Waals surface area contributed by atoms with Crippen molar-refractivity contribution in [3.8, 4) is 5.75 Å². The van der Waals surface area contributed by atoms with E-state index in [9.17, 15) is 4.79 Å². The highest BCUT2D eigenvalue weighted by Gasteiger charge is 2.23. The van der Waals surface area contributed by atoms with Gasteiger partial charge in [0.1, 0.15) is 12.4 Å². The van der Waals surface area contributed by atoms with Crippen molar-refractivity contribution in [1.29, 1.82) is 0 Å². The molecule has 1 fully saturated rings. The van der Waals surface area contributed by atoms with E-state index in [1.165, 1.54) is 7.11 Å². The first kappa shape index (κ1) is 16.7. The fourth-order valence-corrected chi connectivity index (χ4v) is 2.57. The van der Waals surface area contributed by atoms with Crippen LogP contribution in [0.5, 0.6) is 5.75 Å². The Hall–Kier alpha value is -1.63. The molecule has 1 heterocycles. The highest BCUT2D eigenvalue weighted by molar-refractivity contribution is 5.77. The normalized spacial score (nSPS) is 17.0. The molecular weight excluding hydrogens is 284 g/mol. The number of amides is 1. The number of carbonyl (C=O) groups is 1. The van der Waals surface area contributed by atoms with Gasteiger partial charge in [-0.1, -0.05) is 12.1 Å². The molecule has 6 nitrogen and oxygen atoms in total. The van der Waals surface area contributed by atoms with E-state index in [1.807, 2.05) is 24.3 Å². The first-order valence-electron chi connectivity index (χ1n) is 7.46. The van der Waals surface area contributed by atoms with E-state index in [-0.39, 0.29) is 18.6 Å². The first-order chi connectivity index (χ1) is 10.7. The third-order valence-electron chi connectivity index (χ3n) is 3.76. The number of methoxy groups -OCH3 is 2. The van der Waals surface area contributed by atoms with Crippen LogP contribution < -0.4 is 10.1 Å². The predicted molar refractivity (Wildman–Crippen MR) is 83.0 cm³/mol. The second-order valence-electron chi connectivity index (χ2n) is 5.17. The van der Waals surface area contributed by atoms with Crippen molar-refractivity contribution < 1.29 is 19.0 Å². The number of hydrogen-bond donors (Lipinski definition) is 1. The fraction of sp³-hybridized carbons (Fsp3) is 0.562. The molecule has 0 spiro atoms. The maximum Gasteiger partial charge on any atom is 0.246 e. The molecule has 0 bridgehead atoms. The minimum absolute atomic E-state index is 0.0818. The van der Waals surface area contributed by atoms with E-state index >= 15 is 0 Å². The minimum Gasteiger partial charge on any atom is -0.497 e. The van der Waals surface area contributed by atoms with Gasteiger partial charge in [0.25, 0.3) is 0 Å². The Morgan fingerprint density at radius 1 is 1.27 bits per heavy atom. The molecule has 1 N–H and O–H groups in total. The zero-order chi connectivity index (χ0) is 15.8. The van der Waals surface area contributed by atoms with Crippen molar-refractivity contribution in [2.75, 3.05) is 53.7 Å². The Bertz CT molecular complexity index is 458. The zero-order valence-corrected chi connectivity index (χ0v) is 13.2. The Balaban J connectivity index is 2.07. The average Bonchev–Trinajstić information content (AvgIpc) is 2.57. The second-order valence-corrected chi connectivity index (χ2v) is 5.17. The monoisotopic (exact) mass is 308 g/mol. The fourth-order valence-electron chi connectivity index (χ4n) is 2.57. The summed E-state index contributed by atoms with van der Waals surface area (Å²) in [4.78, 5) is 14.0. The maximum absolute atomic E-state index is 11.7. The standard InChI is InChI=1S/C16H24N2O4/c1-20-12-16(19)17-11-15(18-7-9-22-10-8-18)13-3-5-14(21-2)6-4-13/h3-6,15H,7-12H2,1-2H3,(H,17,19). The number of hydrogen-bond acceptors (Lipinski definition) is 5. The van der Waals surface area contributed by atoms with E-state index < -0.39 is 0 Å². The number of nitrogens with one attached hydrogen (secondary N) is 1. The van der Waals surface area contributed by atoms with Gasteiger partial charge in [0, 0.05) is 26.7 Å². The summed E-state index contributed by atoms with van der Waals surface area (Å²) >= 11 is 0. The summed E-state index contributed by atoms with van der Waals surface area (Å²) in [5, 5.41) is 2.93. The Morgan fingerprint density at radius 3 is 2.55 bits per heavy atom. The van der Waals surface area contributed by atoms with Gasteiger partial charge in [-0.2, -0.15) is 0 Å². The van der Waals surface area contributed by atoms with Gasteiger partial charge in [0.05, 0.1) is 26.4 Å². The highest BCUT2D eigenvalue weighted by Crippen LogP contribution is 2.23. The van der Waals surface area contributed by atoms with Gasteiger partial charge in [-0.15, -0.1) is 0 Å². The SMILES string of the molecule is COCC(=O)NCC(c1ccc(OC)cc1)N1CCOCC1. The van der Waals surface area contributed by atoms with E-state index in [0.717, 1.165) is 37.6 Å². The van der Waals surface area contributed by atoms with Crippen molar-refractivity contribution in [3.05, 3.63) is 29.8 Å². The molecule has 0 saturated carbocycles. The lowest BCUT2D eigenvalue weighted by atomic mass is 10.0. The van der Waals surface area contributed by atoms with Gasteiger partial charge in [-0.05, 0) is 17.7 Å². The molecule has 1 aliphatic rings. The molecule has 1 aliphatic heterocycles. The summed E-state index contributed by atoms with van der Waals surface area (Å²) < 4.78 is 15.5. The molecule has 1 saturated heterocycles. The largest absolute Gasteiger partial charge is 0.497 e. The lowest BCUT2D eigenvalue weighted by Gasteiger charge is -2.35. The molecule has 1 atom stereocenters. The summed E-state index contributed by atoms with van der Waals surface area (Å²) in [6.07, 6.45) is 0. The lowest BCUT2D eigenvalue weighted by molar-refractivity contribution is -0.125. The van der Waals surface area contributed by atoms with Crippen LogP contribution in [0, 0.1) is 0 Å². The Labute approximate surface area is 131 Å². The van der Waals surface area contributed by atoms with E-state index in [1.54, 1.807) is 7.11 Å². The maximum atomic E-state index is 11.7. The average molecular weight is 308 g/mol. The van der Waals surface area contributed by atoms with Crippen molar-refractivity contribution in [2.45, 2.75) is 6.04 Å². The number of morpholine rings is 1. The van der Waals surface area contributed by atoms with Crippen molar-refractivity contribution in [3.63, 3.8) is 0 Å². The number of rotatable bonds is 7. The van der Waals surface area contributed by atoms with Crippen molar-refractivity contribution in [2.24, 2.45) is 0 Å². The van der Waals surface area contributed by atoms with E-state index in [0.29, 0.717) is 6.54 Å². The van der Waals surface area contributed by atoms with E-state index in [2.05, 4.69) is 10.2 Å². The van der Waals surface area contributed by atoms with Gasteiger partial charge < -0.3 is 19.5 Å². The molecule has 6 heteroatoms. The highest BCUT2D eigenvalue weighted by atomic mass is 16.5. The van der Waals surface area contributed by atoms with Crippen molar-refractivity contribution >= 4 is 5.91 Å². The van der Waals surface area contributed by atoms with Crippen LogP contribution in [-0.4, -0.2) is 64.5 Å². The van der Waals surface area contributed by atoms with E-state index in [4.69, 9.17) is 14.2 Å². The lowest BCUT2D eigenvalue weighted by Crippen LogP contribution is -2.44. The minimum atomic E-state index is -0.103. The third-order valence-corrected chi connectivity index (χ3v) is 3.76. The number of nitrogens with zero attached hydrogens (tertiary/aromatic N) is 1. The van der Waals surface area contributed by atoms with Gasteiger partial charge in [-0.3, -0.25) is 9.69 Å². The molecule has 1 amide bonds. The number of benzene rings is 1. The van der Waals surface area contributed by atoms with Gasteiger partial charge in [-0.25, -0.2) is 0 Å². The molecule has 1 unspecified atom stereocenters. The van der Waals surface area contributed by atoms with Gasteiger partial charge in [0.2, 0.25) is 5.91 Å². The van der Waals surface area contributed by atoms with Crippen LogP contribution in [0.4, 0.5) is 0 Å². The number of ether oxygens (including phenoxy) is 3. The van der Waals surface area contributed by atoms with Gasteiger partial charge in [0.15, 0.2) is 0 Å². The number of carbonyl (C=O) groups excluding carboxylic acids is 1. The summed E-state index contributed by atoms with van der Waals surface area (Å²) in [6, 6.07) is 8.10. The molecule has 0 radical (unpaired) electrons. The smallest absolute Gasteiger partial charge is 0.246 e. The van der Waals surface area contributed by atoms with Crippen LogP contribution in [0.15, 0.2) is 24.3 Å². The summed E-state index contributed by atoms with van der Waals surface area (Å²) in [6.45, 7) is 3.79. The summed E-state index contributed by atoms with van der Waals surface area (Å²) in [5.41, 5.74) is 1.15. The molecule has 0 aromatic heterocycles. The zero-order valence-electron chi connectivity index (χ0n) is 13.2. The van der Waals surface area contributed by atoms with Crippen LogP contribution >= 0.6 is 0 Å². The molecule has 122 valence electrons. The molecule has 1 aromatic carbocycles. The summed E-state index contributed by atoms with van der Waals surface area (Å²) in [5.74, 6) is 0.724. The van der Waals surface area contributed by atoms with Crippen LogP contribution in [0.3, 0.4) is 0 Å². The molecule has 2 rings (SSSR count). The molecule has 1 aromatic rings. The summed E-state index contributed by atoms with van der Waals surface area (Å²) in [7, 11) is 3.17. The van der Waals surface area contributed by atoms with Crippen LogP contribution in [0.1, 0.15) is 11.6 Å². The van der Waals surface area contributed by atoms with Crippen LogP contribution in [0.25, 0.3) is 0 Å².